The molecule has 22 heavy (non-hydrogen) atoms. The summed E-state index contributed by atoms with van der Waals surface area (Å²) in [5.74, 6) is -1.33. The van der Waals surface area contributed by atoms with Crippen LogP contribution in [0.5, 0.6) is 0 Å². The van der Waals surface area contributed by atoms with Crippen LogP contribution < -0.4 is 15.7 Å². The lowest BCUT2D eigenvalue weighted by molar-refractivity contribution is -0.308. The Morgan fingerprint density at radius 1 is 1.09 bits per heavy atom. The Balaban J connectivity index is 1.98. The van der Waals surface area contributed by atoms with Crippen molar-refractivity contribution in [1.82, 2.24) is 5.32 Å². The summed E-state index contributed by atoms with van der Waals surface area (Å²) in [5, 5.41) is 16.2. The van der Waals surface area contributed by atoms with Gasteiger partial charge in [0.25, 0.3) is 0 Å². The number of carboxylic acids is 1. The van der Waals surface area contributed by atoms with E-state index in [0.717, 1.165) is 10.0 Å². The first-order valence-corrected chi connectivity index (χ1v) is 7.42. The van der Waals surface area contributed by atoms with Crippen LogP contribution in [-0.4, -0.2) is 18.0 Å². The average Bonchev–Trinajstić information content (AvgIpc) is 2.47. The van der Waals surface area contributed by atoms with Crippen molar-refractivity contribution >= 4 is 33.6 Å². The highest BCUT2D eigenvalue weighted by Crippen LogP contribution is 2.15. The number of carboxylic acid groups (broad SMARTS) is 1. The molecule has 0 saturated heterocycles. The zero-order valence-corrected chi connectivity index (χ0v) is 13.2. The molecule has 0 aliphatic heterocycles. The van der Waals surface area contributed by atoms with Crippen molar-refractivity contribution in [3.63, 3.8) is 0 Å². The summed E-state index contributed by atoms with van der Waals surface area (Å²) in [4.78, 5) is 23.1. The number of benzene rings is 2. The predicted molar refractivity (Wildman–Crippen MR) is 85.2 cm³/mol. The Morgan fingerprint density at radius 2 is 1.82 bits per heavy atom. The highest BCUT2D eigenvalue weighted by Gasteiger charge is 2.14. The Labute approximate surface area is 136 Å². The second kappa shape index (κ2) is 7.61. The van der Waals surface area contributed by atoms with Gasteiger partial charge in [0, 0.05) is 10.2 Å². The standard InChI is InChI=1S/C16H15BrN2O3/c17-12-7-4-8-13(10-12)18-16(22)19-14(15(20)21)9-11-5-2-1-3-6-11/h1-8,10,14H,9H2,(H,20,21)(H2,18,19,22)/p-1/t14-/m0/s1. The van der Waals surface area contributed by atoms with Gasteiger partial charge in [-0.1, -0.05) is 52.3 Å². The number of urea groups is 1. The van der Waals surface area contributed by atoms with Crippen LogP contribution in [0.15, 0.2) is 59.1 Å². The molecule has 0 fully saturated rings. The molecule has 2 rings (SSSR count). The molecule has 2 aromatic carbocycles. The van der Waals surface area contributed by atoms with Crippen LogP contribution in [0.4, 0.5) is 10.5 Å². The molecule has 2 N–H and O–H groups in total. The summed E-state index contributed by atoms with van der Waals surface area (Å²) in [5.41, 5.74) is 1.36. The third-order valence-electron chi connectivity index (χ3n) is 2.95. The first kappa shape index (κ1) is 16.0. The lowest BCUT2D eigenvalue weighted by Gasteiger charge is -2.20. The fourth-order valence-corrected chi connectivity index (χ4v) is 2.33. The molecule has 0 radical (unpaired) electrons. The number of halogens is 1. The molecule has 114 valence electrons. The highest BCUT2D eigenvalue weighted by atomic mass is 79.9. The topological polar surface area (TPSA) is 81.3 Å². The van der Waals surface area contributed by atoms with Crippen molar-refractivity contribution in [2.24, 2.45) is 0 Å². The van der Waals surface area contributed by atoms with Crippen molar-refractivity contribution in [1.29, 1.82) is 0 Å². The van der Waals surface area contributed by atoms with Crippen molar-refractivity contribution in [3.05, 3.63) is 64.6 Å². The van der Waals surface area contributed by atoms with E-state index < -0.39 is 18.0 Å². The number of anilines is 1. The third kappa shape index (κ3) is 4.89. The average molecular weight is 362 g/mol. The normalized spacial score (nSPS) is 11.5. The van der Waals surface area contributed by atoms with Gasteiger partial charge < -0.3 is 20.5 Å². The first-order valence-electron chi connectivity index (χ1n) is 6.62. The SMILES string of the molecule is O=C(Nc1cccc(Br)c1)N[C@@H](Cc1ccccc1)C(=O)[O-]. The van der Waals surface area contributed by atoms with Crippen LogP contribution in [0.1, 0.15) is 5.56 Å². The number of rotatable bonds is 5. The van der Waals surface area contributed by atoms with Gasteiger partial charge in [-0.25, -0.2) is 4.79 Å². The number of carbonyl (C=O) groups is 2. The summed E-state index contributed by atoms with van der Waals surface area (Å²) >= 11 is 3.29. The van der Waals surface area contributed by atoms with Gasteiger partial charge in [0.1, 0.15) is 0 Å². The Morgan fingerprint density at radius 3 is 2.45 bits per heavy atom. The van der Waals surface area contributed by atoms with Gasteiger partial charge >= 0.3 is 6.03 Å². The van der Waals surface area contributed by atoms with E-state index in [1.54, 1.807) is 30.3 Å². The quantitative estimate of drug-likeness (QED) is 0.853. The summed E-state index contributed by atoms with van der Waals surface area (Å²) in [6.45, 7) is 0. The van der Waals surface area contributed by atoms with E-state index >= 15 is 0 Å². The van der Waals surface area contributed by atoms with E-state index in [4.69, 9.17) is 0 Å². The molecular weight excluding hydrogens is 348 g/mol. The van der Waals surface area contributed by atoms with Gasteiger partial charge in [0.2, 0.25) is 0 Å². The molecule has 0 unspecified atom stereocenters. The third-order valence-corrected chi connectivity index (χ3v) is 3.45. The van der Waals surface area contributed by atoms with Gasteiger partial charge in [-0.05, 0) is 30.2 Å². The molecule has 0 spiro atoms. The molecular formula is C16H14BrN2O3-. The minimum absolute atomic E-state index is 0.162. The number of hydrogen-bond donors (Lipinski definition) is 2. The van der Waals surface area contributed by atoms with Crippen LogP contribution in [0, 0.1) is 0 Å². The molecule has 0 bridgehead atoms. The summed E-state index contributed by atoms with van der Waals surface area (Å²) in [6.07, 6.45) is 0.162. The molecule has 5 nitrogen and oxygen atoms in total. The van der Waals surface area contributed by atoms with E-state index in [-0.39, 0.29) is 6.42 Å². The van der Waals surface area contributed by atoms with E-state index in [9.17, 15) is 14.7 Å². The van der Waals surface area contributed by atoms with Crippen LogP contribution in [0.3, 0.4) is 0 Å². The first-order chi connectivity index (χ1) is 10.5. The minimum atomic E-state index is -1.33. The maximum absolute atomic E-state index is 11.9. The fraction of sp³-hybridized carbons (Fsp3) is 0.125. The molecule has 0 saturated carbocycles. The Bertz CT molecular complexity index is 661. The number of aliphatic carboxylic acids is 1. The molecule has 0 aromatic heterocycles. The van der Waals surface area contributed by atoms with Crippen molar-refractivity contribution in [2.75, 3.05) is 5.32 Å². The Kier molecular flexibility index (Phi) is 5.55. The van der Waals surface area contributed by atoms with Crippen LogP contribution in [0.25, 0.3) is 0 Å². The molecule has 0 aliphatic rings. The lowest BCUT2D eigenvalue weighted by Crippen LogP contribution is -2.50. The minimum Gasteiger partial charge on any atom is -0.548 e. The molecule has 2 aromatic rings. The van der Waals surface area contributed by atoms with Gasteiger partial charge in [0.15, 0.2) is 0 Å². The Hall–Kier alpha value is -2.34. The molecule has 1 atom stereocenters. The van der Waals surface area contributed by atoms with Gasteiger partial charge in [0.05, 0.1) is 12.0 Å². The van der Waals surface area contributed by atoms with E-state index in [0.29, 0.717) is 5.69 Å². The number of carbonyl (C=O) groups excluding carboxylic acids is 2. The second-order valence-corrected chi connectivity index (χ2v) is 5.59. The van der Waals surface area contributed by atoms with Gasteiger partial charge in [-0.15, -0.1) is 0 Å². The lowest BCUT2D eigenvalue weighted by atomic mass is 10.1. The largest absolute Gasteiger partial charge is 0.548 e. The maximum Gasteiger partial charge on any atom is 0.319 e. The van der Waals surface area contributed by atoms with E-state index in [1.165, 1.54) is 0 Å². The number of nitrogens with one attached hydrogen (secondary N) is 2. The molecule has 2 amide bonds. The zero-order valence-electron chi connectivity index (χ0n) is 11.6. The maximum atomic E-state index is 11.9. The number of hydrogen-bond acceptors (Lipinski definition) is 3. The second-order valence-electron chi connectivity index (χ2n) is 4.67. The highest BCUT2D eigenvalue weighted by molar-refractivity contribution is 9.10. The van der Waals surface area contributed by atoms with Crippen molar-refractivity contribution in [3.8, 4) is 0 Å². The van der Waals surface area contributed by atoms with Crippen LogP contribution in [0.2, 0.25) is 0 Å². The summed E-state index contributed by atoms with van der Waals surface area (Å²) < 4.78 is 0.811. The molecule has 0 heterocycles. The molecule has 0 aliphatic carbocycles. The van der Waals surface area contributed by atoms with Crippen LogP contribution >= 0.6 is 15.9 Å². The van der Waals surface area contributed by atoms with E-state index in [2.05, 4.69) is 26.6 Å². The zero-order chi connectivity index (χ0) is 15.9. The van der Waals surface area contributed by atoms with E-state index in [1.807, 2.05) is 24.3 Å². The van der Waals surface area contributed by atoms with Crippen molar-refractivity contribution in [2.45, 2.75) is 12.5 Å². The smallest absolute Gasteiger partial charge is 0.319 e. The fourth-order valence-electron chi connectivity index (χ4n) is 1.93. The van der Waals surface area contributed by atoms with Gasteiger partial charge in [-0.3, -0.25) is 0 Å². The number of amides is 2. The monoisotopic (exact) mass is 361 g/mol. The summed E-state index contributed by atoms with van der Waals surface area (Å²) in [6, 6.07) is 14.4. The summed E-state index contributed by atoms with van der Waals surface area (Å²) in [7, 11) is 0. The molecule has 6 heteroatoms. The van der Waals surface area contributed by atoms with Crippen molar-refractivity contribution < 1.29 is 14.7 Å². The van der Waals surface area contributed by atoms with Crippen LogP contribution in [-0.2, 0) is 11.2 Å². The van der Waals surface area contributed by atoms with Gasteiger partial charge in [-0.2, -0.15) is 0 Å². The predicted octanol–water partition coefficient (Wildman–Crippen LogP) is 1.93.